The monoisotopic (exact) mass is 377 g/mol. The first kappa shape index (κ1) is 18.2. The Labute approximate surface area is 163 Å². The van der Waals surface area contributed by atoms with Crippen molar-refractivity contribution >= 4 is 11.6 Å². The topological polar surface area (TPSA) is 81.4 Å². The van der Waals surface area contributed by atoms with Crippen molar-refractivity contribution in [2.45, 2.75) is 32.2 Å². The van der Waals surface area contributed by atoms with Gasteiger partial charge in [-0.1, -0.05) is 12.2 Å². The Morgan fingerprint density at radius 3 is 2.89 bits per heavy atom. The molecule has 7 heteroatoms. The summed E-state index contributed by atoms with van der Waals surface area (Å²) in [5.41, 5.74) is 2.47. The van der Waals surface area contributed by atoms with Gasteiger partial charge in [0.05, 0.1) is 18.8 Å². The Balaban J connectivity index is 1.48. The molecule has 1 N–H and O–H groups in total. The van der Waals surface area contributed by atoms with Crippen molar-refractivity contribution in [3.05, 3.63) is 54.6 Å². The number of carbonyl (C=O) groups excluding carboxylic acids is 1. The van der Waals surface area contributed by atoms with Gasteiger partial charge in [0.15, 0.2) is 11.5 Å². The largest absolute Gasteiger partial charge is 0.497 e. The fraction of sp³-hybridized carbons (Fsp3) is 0.333. The van der Waals surface area contributed by atoms with Gasteiger partial charge in [0, 0.05) is 18.1 Å². The van der Waals surface area contributed by atoms with Crippen LogP contribution in [0.15, 0.2) is 48.8 Å². The highest BCUT2D eigenvalue weighted by Crippen LogP contribution is 2.22. The van der Waals surface area contributed by atoms with Crippen LogP contribution in [-0.2, 0) is 4.79 Å². The highest BCUT2D eigenvalue weighted by atomic mass is 16.5. The van der Waals surface area contributed by atoms with Crippen molar-refractivity contribution in [1.82, 2.24) is 24.9 Å². The molecule has 1 aliphatic carbocycles. The van der Waals surface area contributed by atoms with Crippen molar-refractivity contribution < 1.29 is 9.53 Å². The Morgan fingerprint density at radius 2 is 2.18 bits per heavy atom. The van der Waals surface area contributed by atoms with Crippen LogP contribution in [0.25, 0.3) is 16.9 Å². The third-order valence-electron chi connectivity index (χ3n) is 4.96. The number of methoxy groups -OCH3 is 1. The molecular formula is C21H23N5O2. The molecule has 1 aromatic carbocycles. The Hall–Kier alpha value is -3.22. The van der Waals surface area contributed by atoms with Gasteiger partial charge in [-0.25, -0.2) is 14.5 Å². The number of aromatic nitrogens is 4. The molecule has 3 aromatic rings. The molecule has 2 atom stereocenters. The zero-order valence-electron chi connectivity index (χ0n) is 16.0. The molecule has 0 bridgehead atoms. The number of allylic oxidation sites excluding steroid dienone is 2. The summed E-state index contributed by atoms with van der Waals surface area (Å²) in [6.45, 7) is 1.90. The second-order valence-corrected chi connectivity index (χ2v) is 7.03. The van der Waals surface area contributed by atoms with Gasteiger partial charge in [-0.05, 0) is 49.9 Å². The molecule has 0 aliphatic heterocycles. The molecule has 0 spiro atoms. The molecule has 0 saturated heterocycles. The number of nitrogens with zero attached hydrogens (tertiary/aromatic N) is 4. The van der Waals surface area contributed by atoms with Gasteiger partial charge in [-0.3, -0.25) is 4.79 Å². The van der Waals surface area contributed by atoms with Gasteiger partial charge in [0.2, 0.25) is 5.91 Å². The SMILES string of the molecule is COc1ccc(-c2cc3nc([C@H](C)NC(=O)C[C@@H]4C=CCC4)nn3cn2)cc1. The van der Waals surface area contributed by atoms with E-state index in [1.54, 1.807) is 18.0 Å². The van der Waals surface area contributed by atoms with Crippen LogP contribution in [-0.4, -0.2) is 32.6 Å². The maximum atomic E-state index is 12.3. The molecule has 0 fully saturated rings. The number of amides is 1. The van der Waals surface area contributed by atoms with E-state index in [1.165, 1.54) is 0 Å². The van der Waals surface area contributed by atoms with Crippen LogP contribution in [0.1, 0.15) is 38.1 Å². The number of benzene rings is 1. The van der Waals surface area contributed by atoms with Gasteiger partial charge < -0.3 is 10.1 Å². The van der Waals surface area contributed by atoms with Crippen LogP contribution < -0.4 is 10.1 Å². The summed E-state index contributed by atoms with van der Waals surface area (Å²) in [5, 5.41) is 7.45. The quantitative estimate of drug-likeness (QED) is 0.667. The molecule has 1 amide bonds. The van der Waals surface area contributed by atoms with Gasteiger partial charge in [0.1, 0.15) is 12.1 Å². The first-order chi connectivity index (χ1) is 13.6. The van der Waals surface area contributed by atoms with Gasteiger partial charge in [-0.2, -0.15) is 0 Å². The number of fused-ring (bicyclic) bond motifs is 1. The van der Waals surface area contributed by atoms with E-state index in [9.17, 15) is 4.79 Å². The van der Waals surface area contributed by atoms with Crippen LogP contribution >= 0.6 is 0 Å². The fourth-order valence-corrected chi connectivity index (χ4v) is 3.38. The van der Waals surface area contributed by atoms with Crippen LogP contribution in [0.4, 0.5) is 0 Å². The lowest BCUT2D eigenvalue weighted by Crippen LogP contribution is -2.28. The lowest BCUT2D eigenvalue weighted by molar-refractivity contribution is -0.122. The summed E-state index contributed by atoms with van der Waals surface area (Å²) in [4.78, 5) is 21.3. The third kappa shape index (κ3) is 3.88. The zero-order chi connectivity index (χ0) is 19.5. The van der Waals surface area contributed by atoms with E-state index >= 15 is 0 Å². The van der Waals surface area contributed by atoms with Crippen LogP contribution in [0.3, 0.4) is 0 Å². The fourth-order valence-electron chi connectivity index (χ4n) is 3.38. The first-order valence-corrected chi connectivity index (χ1v) is 9.45. The molecule has 4 rings (SSSR count). The number of ether oxygens (including phenoxy) is 1. The smallest absolute Gasteiger partial charge is 0.221 e. The van der Waals surface area contributed by atoms with Gasteiger partial charge in [-0.15, -0.1) is 5.10 Å². The summed E-state index contributed by atoms with van der Waals surface area (Å²) < 4.78 is 6.82. The molecule has 0 radical (unpaired) electrons. The first-order valence-electron chi connectivity index (χ1n) is 9.45. The molecular weight excluding hydrogens is 354 g/mol. The van der Waals surface area contributed by atoms with E-state index in [4.69, 9.17) is 4.74 Å². The van der Waals surface area contributed by atoms with Crippen molar-refractivity contribution in [2.24, 2.45) is 5.92 Å². The van der Waals surface area contributed by atoms with Crippen molar-refractivity contribution in [2.75, 3.05) is 7.11 Å². The van der Waals surface area contributed by atoms with Gasteiger partial charge in [0.25, 0.3) is 0 Å². The van der Waals surface area contributed by atoms with Crippen molar-refractivity contribution in [1.29, 1.82) is 0 Å². The van der Waals surface area contributed by atoms with Crippen molar-refractivity contribution in [3.8, 4) is 17.0 Å². The normalized spacial score (nSPS) is 17.0. The zero-order valence-corrected chi connectivity index (χ0v) is 16.0. The van der Waals surface area contributed by atoms with E-state index < -0.39 is 0 Å². The Bertz CT molecular complexity index is 1010. The predicted octanol–water partition coefficient (Wildman–Crippen LogP) is 3.33. The van der Waals surface area contributed by atoms with Crippen molar-refractivity contribution in [3.63, 3.8) is 0 Å². The lowest BCUT2D eigenvalue weighted by Gasteiger charge is -2.12. The second-order valence-electron chi connectivity index (χ2n) is 7.03. The van der Waals surface area contributed by atoms with Crippen LogP contribution in [0.2, 0.25) is 0 Å². The maximum absolute atomic E-state index is 12.3. The Morgan fingerprint density at radius 1 is 1.36 bits per heavy atom. The summed E-state index contributed by atoms with van der Waals surface area (Å²) in [6, 6.07) is 9.32. The standard InChI is InChI=1S/C21H23N5O2/c1-14(23-20(27)11-15-5-3-4-6-15)21-24-19-12-18(22-13-26(19)25-21)16-7-9-17(28-2)10-8-16/h3,5,7-10,12-15H,4,6,11H2,1-2H3,(H,23,27)/t14-,15+/m0/s1. The minimum Gasteiger partial charge on any atom is -0.497 e. The molecule has 7 nitrogen and oxygen atoms in total. The number of hydrogen-bond acceptors (Lipinski definition) is 5. The Kier molecular flexibility index (Phi) is 5.06. The van der Waals surface area contributed by atoms with Crippen LogP contribution in [0.5, 0.6) is 5.75 Å². The predicted molar refractivity (Wildman–Crippen MR) is 106 cm³/mol. The minimum atomic E-state index is -0.262. The van der Waals surface area contributed by atoms with Gasteiger partial charge >= 0.3 is 0 Å². The highest BCUT2D eigenvalue weighted by Gasteiger charge is 2.18. The van der Waals surface area contributed by atoms with E-state index in [1.807, 2.05) is 37.3 Å². The molecule has 28 heavy (non-hydrogen) atoms. The number of rotatable bonds is 6. The van der Waals surface area contributed by atoms with E-state index in [-0.39, 0.29) is 11.9 Å². The number of carbonyl (C=O) groups is 1. The third-order valence-corrected chi connectivity index (χ3v) is 4.96. The highest BCUT2D eigenvalue weighted by molar-refractivity contribution is 5.76. The van der Waals surface area contributed by atoms with E-state index in [2.05, 4.69) is 32.5 Å². The number of nitrogens with one attached hydrogen (secondary N) is 1. The molecule has 0 saturated carbocycles. The second kappa shape index (κ2) is 7.80. The minimum absolute atomic E-state index is 0.0277. The summed E-state index contributed by atoms with van der Waals surface area (Å²) >= 11 is 0. The molecule has 144 valence electrons. The summed E-state index contributed by atoms with van der Waals surface area (Å²) in [5.74, 6) is 1.74. The molecule has 1 aliphatic rings. The average molecular weight is 377 g/mol. The number of hydrogen-bond donors (Lipinski definition) is 1. The summed E-state index contributed by atoms with van der Waals surface area (Å²) in [7, 11) is 1.64. The molecule has 2 aromatic heterocycles. The summed E-state index contributed by atoms with van der Waals surface area (Å²) in [6.07, 6.45) is 8.53. The average Bonchev–Trinajstić information content (AvgIpc) is 3.36. The van der Waals surface area contributed by atoms with Crippen LogP contribution in [0, 0.1) is 5.92 Å². The molecule has 0 unspecified atom stereocenters. The van der Waals surface area contributed by atoms with E-state index in [0.29, 0.717) is 23.8 Å². The maximum Gasteiger partial charge on any atom is 0.221 e. The lowest BCUT2D eigenvalue weighted by atomic mass is 10.0. The van der Waals surface area contributed by atoms with E-state index in [0.717, 1.165) is 29.8 Å². The molecule has 2 heterocycles.